The molecule has 0 unspecified atom stereocenters. The summed E-state index contributed by atoms with van der Waals surface area (Å²) in [5, 5.41) is 3.19. The first-order valence-electron chi connectivity index (χ1n) is 5.99. The van der Waals surface area contributed by atoms with Crippen molar-refractivity contribution in [2.45, 2.75) is 13.2 Å². The van der Waals surface area contributed by atoms with Crippen LogP contribution in [0, 0.1) is 5.82 Å². The van der Waals surface area contributed by atoms with Gasteiger partial charge in [-0.05, 0) is 30.3 Å². The van der Waals surface area contributed by atoms with Crippen molar-refractivity contribution in [2.75, 3.05) is 7.05 Å². The van der Waals surface area contributed by atoms with Crippen LogP contribution in [0.15, 0.2) is 42.5 Å². The first-order chi connectivity index (χ1) is 9.19. The molecule has 0 aliphatic rings. The molecule has 19 heavy (non-hydrogen) atoms. The van der Waals surface area contributed by atoms with Gasteiger partial charge in [-0.2, -0.15) is 0 Å². The summed E-state index contributed by atoms with van der Waals surface area (Å²) in [6, 6.07) is 12.5. The summed E-state index contributed by atoms with van der Waals surface area (Å²) in [5.74, 6) is 0.00372. The zero-order chi connectivity index (χ0) is 13.7. The molecule has 0 saturated carbocycles. The van der Waals surface area contributed by atoms with Crippen molar-refractivity contribution in [2.24, 2.45) is 0 Å². The molecule has 2 nitrogen and oxygen atoms in total. The van der Waals surface area contributed by atoms with E-state index in [0.717, 1.165) is 12.1 Å². The van der Waals surface area contributed by atoms with Gasteiger partial charge in [-0.15, -0.1) is 0 Å². The molecular weight excluding hydrogens is 265 g/mol. The molecule has 0 aromatic heterocycles. The highest BCUT2D eigenvalue weighted by Crippen LogP contribution is 2.21. The van der Waals surface area contributed by atoms with E-state index < -0.39 is 5.82 Å². The Balaban J connectivity index is 2.01. The van der Waals surface area contributed by atoms with Gasteiger partial charge < -0.3 is 10.1 Å². The number of nitrogens with one attached hydrogen (secondary N) is 1. The Bertz CT molecular complexity index is 560. The van der Waals surface area contributed by atoms with E-state index in [-0.39, 0.29) is 5.02 Å². The van der Waals surface area contributed by atoms with Crippen molar-refractivity contribution in [1.82, 2.24) is 5.32 Å². The van der Waals surface area contributed by atoms with Gasteiger partial charge in [0.15, 0.2) is 0 Å². The summed E-state index contributed by atoms with van der Waals surface area (Å²) in [6.07, 6.45) is 0. The number of halogens is 2. The highest BCUT2D eigenvalue weighted by Gasteiger charge is 2.02. The summed E-state index contributed by atoms with van der Waals surface area (Å²) in [7, 11) is 1.90. The second-order valence-corrected chi connectivity index (χ2v) is 4.62. The summed E-state index contributed by atoms with van der Waals surface area (Å²) in [5.41, 5.74) is 2.23. The molecule has 0 radical (unpaired) electrons. The maximum Gasteiger partial charge on any atom is 0.145 e. The lowest BCUT2D eigenvalue weighted by Gasteiger charge is -2.08. The summed E-state index contributed by atoms with van der Waals surface area (Å²) < 4.78 is 18.8. The third-order valence-electron chi connectivity index (χ3n) is 2.67. The van der Waals surface area contributed by atoms with E-state index in [4.69, 9.17) is 16.3 Å². The second-order valence-electron chi connectivity index (χ2n) is 4.21. The van der Waals surface area contributed by atoms with Crippen LogP contribution in [0.2, 0.25) is 5.02 Å². The Hall–Kier alpha value is -1.58. The van der Waals surface area contributed by atoms with Crippen molar-refractivity contribution >= 4 is 11.6 Å². The highest BCUT2D eigenvalue weighted by molar-refractivity contribution is 6.30. The van der Waals surface area contributed by atoms with E-state index >= 15 is 0 Å². The molecule has 0 amide bonds. The van der Waals surface area contributed by atoms with Crippen LogP contribution in [0.25, 0.3) is 0 Å². The molecule has 4 heteroatoms. The third-order valence-corrected chi connectivity index (χ3v) is 2.98. The van der Waals surface area contributed by atoms with E-state index in [1.807, 2.05) is 25.2 Å². The minimum atomic E-state index is -0.469. The topological polar surface area (TPSA) is 21.3 Å². The van der Waals surface area contributed by atoms with Gasteiger partial charge in [-0.25, -0.2) is 4.39 Å². The van der Waals surface area contributed by atoms with Crippen molar-refractivity contribution in [1.29, 1.82) is 0 Å². The fourth-order valence-corrected chi connectivity index (χ4v) is 1.88. The van der Waals surface area contributed by atoms with Crippen LogP contribution in [0.4, 0.5) is 4.39 Å². The summed E-state index contributed by atoms with van der Waals surface area (Å²) >= 11 is 5.62. The lowest BCUT2D eigenvalue weighted by atomic mass is 10.1. The first-order valence-corrected chi connectivity index (χ1v) is 6.37. The smallest absolute Gasteiger partial charge is 0.145 e. The van der Waals surface area contributed by atoms with Crippen molar-refractivity contribution < 1.29 is 9.13 Å². The number of rotatable bonds is 5. The molecule has 0 atom stereocenters. The van der Waals surface area contributed by atoms with Gasteiger partial charge in [-0.1, -0.05) is 35.9 Å². The molecule has 0 spiro atoms. The molecule has 0 bridgehead atoms. The van der Waals surface area contributed by atoms with Crippen molar-refractivity contribution in [3.05, 3.63) is 64.4 Å². The van der Waals surface area contributed by atoms with Gasteiger partial charge in [0.1, 0.15) is 18.2 Å². The van der Waals surface area contributed by atoms with E-state index in [9.17, 15) is 4.39 Å². The highest BCUT2D eigenvalue weighted by atomic mass is 35.5. The summed E-state index contributed by atoms with van der Waals surface area (Å²) in [6.45, 7) is 1.21. The molecular formula is C15H15ClFNO. The van der Waals surface area contributed by atoms with Gasteiger partial charge in [-0.3, -0.25) is 0 Å². The zero-order valence-corrected chi connectivity index (χ0v) is 11.4. The molecule has 0 heterocycles. The molecule has 0 aliphatic carbocycles. The normalized spacial score (nSPS) is 10.5. The molecule has 2 aromatic rings. The standard InChI is InChI=1S/C15H15ClFNO/c1-18-9-11-3-2-4-12(7-11)10-19-13-5-6-14(16)15(17)8-13/h2-8,18H,9-10H2,1H3. The van der Waals surface area contributed by atoms with E-state index in [1.165, 1.54) is 17.7 Å². The molecule has 1 N–H and O–H groups in total. The first kappa shape index (κ1) is 13.8. The average Bonchev–Trinajstić information content (AvgIpc) is 2.41. The lowest BCUT2D eigenvalue weighted by molar-refractivity contribution is 0.304. The van der Waals surface area contributed by atoms with Gasteiger partial charge in [0, 0.05) is 12.6 Å². The molecule has 0 aliphatic heterocycles. The number of hydrogen-bond acceptors (Lipinski definition) is 2. The molecule has 100 valence electrons. The van der Waals surface area contributed by atoms with Crippen LogP contribution in [0.5, 0.6) is 5.75 Å². The Morgan fingerprint density at radius 1 is 1.16 bits per heavy atom. The van der Waals surface area contributed by atoms with Crippen molar-refractivity contribution in [3.63, 3.8) is 0 Å². The molecule has 0 fully saturated rings. The Labute approximate surface area is 117 Å². The minimum Gasteiger partial charge on any atom is -0.489 e. The molecule has 2 rings (SSSR count). The van der Waals surface area contributed by atoms with E-state index in [0.29, 0.717) is 12.4 Å². The molecule has 2 aromatic carbocycles. The SMILES string of the molecule is CNCc1cccc(COc2ccc(Cl)c(F)c2)c1. The number of ether oxygens (including phenoxy) is 1. The van der Waals surface area contributed by atoms with Crippen LogP contribution in [-0.2, 0) is 13.2 Å². The molecule has 0 saturated heterocycles. The maximum absolute atomic E-state index is 13.2. The van der Waals surface area contributed by atoms with Gasteiger partial charge in [0.05, 0.1) is 5.02 Å². The Morgan fingerprint density at radius 3 is 2.68 bits per heavy atom. The summed E-state index contributed by atoms with van der Waals surface area (Å²) in [4.78, 5) is 0. The number of hydrogen-bond donors (Lipinski definition) is 1. The largest absolute Gasteiger partial charge is 0.489 e. The lowest BCUT2D eigenvalue weighted by Crippen LogP contribution is -2.05. The minimum absolute atomic E-state index is 0.100. The predicted octanol–water partition coefficient (Wildman–Crippen LogP) is 3.78. The Morgan fingerprint density at radius 2 is 1.95 bits per heavy atom. The monoisotopic (exact) mass is 279 g/mol. The predicted molar refractivity (Wildman–Crippen MR) is 74.9 cm³/mol. The Kier molecular flexibility index (Phi) is 4.77. The average molecular weight is 280 g/mol. The maximum atomic E-state index is 13.2. The van der Waals surface area contributed by atoms with Gasteiger partial charge in [0.25, 0.3) is 0 Å². The fourth-order valence-electron chi connectivity index (χ4n) is 1.77. The number of benzene rings is 2. The van der Waals surface area contributed by atoms with Gasteiger partial charge >= 0.3 is 0 Å². The van der Waals surface area contributed by atoms with E-state index in [1.54, 1.807) is 6.07 Å². The van der Waals surface area contributed by atoms with Crippen LogP contribution in [-0.4, -0.2) is 7.05 Å². The van der Waals surface area contributed by atoms with E-state index in [2.05, 4.69) is 11.4 Å². The second kappa shape index (κ2) is 6.55. The van der Waals surface area contributed by atoms with Crippen LogP contribution >= 0.6 is 11.6 Å². The van der Waals surface area contributed by atoms with Crippen LogP contribution in [0.1, 0.15) is 11.1 Å². The van der Waals surface area contributed by atoms with Crippen molar-refractivity contribution in [3.8, 4) is 5.75 Å². The van der Waals surface area contributed by atoms with Crippen LogP contribution < -0.4 is 10.1 Å². The zero-order valence-electron chi connectivity index (χ0n) is 10.6. The van der Waals surface area contributed by atoms with Crippen LogP contribution in [0.3, 0.4) is 0 Å². The fraction of sp³-hybridized carbons (Fsp3) is 0.200. The quantitative estimate of drug-likeness (QED) is 0.899. The third kappa shape index (κ3) is 3.94. The van der Waals surface area contributed by atoms with Gasteiger partial charge in [0.2, 0.25) is 0 Å².